The number of fused-ring (bicyclic) bond motifs is 7. The summed E-state index contributed by atoms with van der Waals surface area (Å²) in [6.45, 7) is 14.8. The predicted octanol–water partition coefficient (Wildman–Crippen LogP) is -0.658. The molecule has 8 fully saturated rings. The van der Waals surface area contributed by atoms with Crippen LogP contribution in [0, 0.1) is 45.3 Å². The molecular formula is C53H82O22. The van der Waals surface area contributed by atoms with E-state index in [1.54, 1.807) is 0 Å². The fraction of sp³-hybridized carbons (Fsp3) is 0.887. The number of esters is 2. The molecule has 9 rings (SSSR count). The van der Waals surface area contributed by atoms with Crippen molar-refractivity contribution in [3.05, 3.63) is 23.8 Å². The summed E-state index contributed by atoms with van der Waals surface area (Å²) in [6.07, 6.45) is -20.6. The van der Waals surface area contributed by atoms with Crippen molar-refractivity contribution < 1.29 is 108 Å². The van der Waals surface area contributed by atoms with Crippen molar-refractivity contribution in [3.8, 4) is 0 Å². The summed E-state index contributed by atoms with van der Waals surface area (Å²) in [7, 11) is 0. The van der Waals surface area contributed by atoms with E-state index in [1.807, 2.05) is 0 Å². The number of carbonyl (C=O) groups excluding carboxylic acids is 2. The van der Waals surface area contributed by atoms with Crippen molar-refractivity contribution in [3.63, 3.8) is 0 Å². The highest BCUT2D eigenvalue weighted by atomic mass is 16.8. The van der Waals surface area contributed by atoms with Gasteiger partial charge in [0.05, 0.1) is 30.8 Å². The molecule has 4 saturated heterocycles. The first-order chi connectivity index (χ1) is 35.2. The van der Waals surface area contributed by atoms with Gasteiger partial charge in [-0.2, -0.15) is 0 Å². The average molecular weight is 1070 g/mol. The van der Waals surface area contributed by atoms with E-state index in [1.165, 1.54) is 12.5 Å². The van der Waals surface area contributed by atoms with Crippen molar-refractivity contribution in [1.82, 2.24) is 0 Å². The molecule has 0 aromatic rings. The van der Waals surface area contributed by atoms with Gasteiger partial charge in [-0.3, -0.25) is 9.59 Å². The van der Waals surface area contributed by atoms with Crippen LogP contribution in [0.5, 0.6) is 0 Å². The lowest BCUT2D eigenvalue weighted by Crippen LogP contribution is -2.65. The highest BCUT2D eigenvalue weighted by Gasteiger charge is 2.66. The van der Waals surface area contributed by atoms with E-state index in [4.69, 9.17) is 42.6 Å². The minimum Gasteiger partial charge on any atom is -0.463 e. The second kappa shape index (κ2) is 21.6. The van der Waals surface area contributed by atoms with Crippen LogP contribution in [0.2, 0.25) is 0 Å². The van der Waals surface area contributed by atoms with Gasteiger partial charge in [-0.1, -0.05) is 51.5 Å². The Morgan fingerprint density at radius 2 is 1.35 bits per heavy atom. The Bertz CT molecular complexity index is 2110. The normalized spacial score (nSPS) is 51.7. The Morgan fingerprint density at radius 1 is 0.680 bits per heavy atom. The molecule has 22 heteroatoms. The maximum Gasteiger partial charge on any atom is 0.315 e. The lowest BCUT2D eigenvalue weighted by atomic mass is 9.38. The van der Waals surface area contributed by atoms with Gasteiger partial charge in [0.2, 0.25) is 6.29 Å². The van der Waals surface area contributed by atoms with Gasteiger partial charge in [-0.05, 0) is 105 Å². The van der Waals surface area contributed by atoms with Crippen LogP contribution in [0.25, 0.3) is 0 Å². The Balaban J connectivity index is 0.876. The van der Waals surface area contributed by atoms with E-state index in [-0.39, 0.29) is 40.8 Å². The molecule has 0 radical (unpaired) electrons. The smallest absolute Gasteiger partial charge is 0.315 e. The molecule has 27 atom stereocenters. The first kappa shape index (κ1) is 57.4. The van der Waals surface area contributed by atoms with Crippen molar-refractivity contribution in [1.29, 1.82) is 0 Å². The molecule has 0 aromatic carbocycles. The first-order valence-electron chi connectivity index (χ1n) is 27.0. The van der Waals surface area contributed by atoms with Crippen LogP contribution < -0.4 is 0 Å². The van der Waals surface area contributed by atoms with Gasteiger partial charge in [0.25, 0.3) is 0 Å². The van der Waals surface area contributed by atoms with Gasteiger partial charge in [0.1, 0.15) is 92.1 Å². The Morgan fingerprint density at radius 3 is 2.07 bits per heavy atom. The van der Waals surface area contributed by atoms with Gasteiger partial charge in [0.15, 0.2) is 18.9 Å². The minimum absolute atomic E-state index is 0.0586. The van der Waals surface area contributed by atoms with Gasteiger partial charge in [-0.25, -0.2) is 0 Å². The van der Waals surface area contributed by atoms with Crippen molar-refractivity contribution in [2.24, 2.45) is 45.3 Å². The van der Waals surface area contributed by atoms with Crippen LogP contribution in [0.3, 0.4) is 0 Å². The molecule has 426 valence electrons. The van der Waals surface area contributed by atoms with E-state index in [0.717, 1.165) is 44.6 Å². The molecule has 0 spiro atoms. The predicted molar refractivity (Wildman–Crippen MR) is 256 cm³/mol. The molecule has 27 unspecified atom stereocenters. The van der Waals surface area contributed by atoms with E-state index in [0.29, 0.717) is 43.9 Å². The first-order valence-corrected chi connectivity index (χ1v) is 27.0. The molecule has 9 aliphatic rings. The van der Waals surface area contributed by atoms with Crippen LogP contribution in [0.1, 0.15) is 106 Å². The second-order valence-corrected chi connectivity index (χ2v) is 24.4. The Kier molecular flexibility index (Phi) is 16.6. The molecule has 0 bridgehead atoms. The molecule has 4 heterocycles. The quantitative estimate of drug-likeness (QED) is 0.0695. The molecule has 0 aromatic heterocycles. The van der Waals surface area contributed by atoms with Crippen LogP contribution in [0.15, 0.2) is 23.8 Å². The maximum absolute atomic E-state index is 15.0. The van der Waals surface area contributed by atoms with Gasteiger partial charge in [-0.15, -0.1) is 0 Å². The molecular weight excluding hydrogens is 989 g/mol. The summed E-state index contributed by atoms with van der Waals surface area (Å²) in [5.41, 5.74) is 0.587. The molecule has 4 aliphatic heterocycles. The number of ether oxygens (including phenoxy) is 9. The van der Waals surface area contributed by atoms with Crippen LogP contribution in [0.4, 0.5) is 0 Å². The standard InChI is InChI=1S/C53H82O22/c1-22-12-15-53(17-16-51(6)25-10-11-32-50(4,5)33(73-46-40(62)35(57)29(55)19-68-46)13-14-52(32,7)26(25)8-9-27(51)28(53)18-22)49(66)75-48-42(64)38(60)36(58)30(71-48)20-69-45-43(65)39(61)44(31(72-45)21-67-24(3)54)74-47-41(63)37(59)34(56)23(2)70-47/h9,23,25-26,28-48,55-65H,1,8,10-21H2,2-7H3. The average Bonchev–Trinajstić information content (AvgIpc) is 3.41. The largest absolute Gasteiger partial charge is 0.463 e. The number of carbonyl (C=O) groups is 2. The maximum atomic E-state index is 15.0. The SMILES string of the molecule is C=C1CCC2(C(=O)OC3OC(COC4OC(COC(C)=O)C(OC5OC(C)C(O)C(O)C5O)C(O)C4O)C(O)C(O)C3O)CCC3(C)C(=CCC4C3CCC3C(C)(C)C(OC5OCC(O)C(O)C5O)CCC43C)C2C1. The zero-order chi connectivity index (χ0) is 54.4. The highest BCUT2D eigenvalue weighted by Crippen LogP contribution is 2.71. The fourth-order valence-electron chi connectivity index (χ4n) is 15.4. The number of hydrogen-bond acceptors (Lipinski definition) is 22. The molecule has 5 aliphatic carbocycles. The summed E-state index contributed by atoms with van der Waals surface area (Å²) >= 11 is 0. The third-order valence-corrected chi connectivity index (χ3v) is 19.9. The number of rotatable bonds is 11. The Labute approximate surface area is 436 Å². The lowest BCUT2D eigenvalue weighted by molar-refractivity contribution is -0.361. The topological polar surface area (TPSA) is 340 Å². The van der Waals surface area contributed by atoms with E-state index < -0.39 is 147 Å². The molecule has 11 N–H and O–H groups in total. The minimum atomic E-state index is -1.90. The zero-order valence-corrected chi connectivity index (χ0v) is 43.7. The highest BCUT2D eigenvalue weighted by molar-refractivity contribution is 5.79. The molecule has 4 saturated carbocycles. The summed E-state index contributed by atoms with van der Waals surface area (Å²) in [4.78, 5) is 26.8. The second-order valence-electron chi connectivity index (χ2n) is 24.4. The molecule has 22 nitrogen and oxygen atoms in total. The van der Waals surface area contributed by atoms with Crippen LogP contribution >= 0.6 is 0 Å². The number of hydrogen-bond donors (Lipinski definition) is 11. The van der Waals surface area contributed by atoms with Gasteiger partial charge in [0, 0.05) is 12.8 Å². The lowest BCUT2D eigenvalue weighted by Gasteiger charge is -2.67. The summed E-state index contributed by atoms with van der Waals surface area (Å²) in [6, 6.07) is 0. The van der Waals surface area contributed by atoms with Gasteiger partial charge < -0.3 is 98.8 Å². The monoisotopic (exact) mass is 1070 g/mol. The number of allylic oxidation sites excluding steroid dienone is 3. The van der Waals surface area contributed by atoms with E-state index in [9.17, 15) is 65.8 Å². The zero-order valence-electron chi connectivity index (χ0n) is 43.7. The van der Waals surface area contributed by atoms with Crippen molar-refractivity contribution in [2.75, 3.05) is 19.8 Å². The number of aliphatic hydroxyl groups excluding tert-OH is 11. The van der Waals surface area contributed by atoms with Crippen molar-refractivity contribution >= 4 is 11.9 Å². The summed E-state index contributed by atoms with van der Waals surface area (Å²) in [5.74, 6) is -0.690. The molecule has 75 heavy (non-hydrogen) atoms. The third-order valence-electron chi connectivity index (χ3n) is 19.9. The van der Waals surface area contributed by atoms with Crippen LogP contribution in [-0.2, 0) is 52.2 Å². The Hall–Kier alpha value is -2.30. The number of aliphatic hydroxyl groups is 11. The third kappa shape index (κ3) is 10.1. The van der Waals surface area contributed by atoms with Crippen molar-refractivity contribution in [2.45, 2.75) is 229 Å². The van der Waals surface area contributed by atoms with E-state index >= 15 is 0 Å². The van der Waals surface area contributed by atoms with E-state index in [2.05, 4.69) is 40.3 Å². The van der Waals surface area contributed by atoms with Crippen LogP contribution in [-0.4, -0.2) is 211 Å². The molecule has 0 amide bonds. The summed E-state index contributed by atoms with van der Waals surface area (Å²) < 4.78 is 52.4. The summed E-state index contributed by atoms with van der Waals surface area (Å²) in [5, 5.41) is 118. The fourth-order valence-corrected chi connectivity index (χ4v) is 15.4. The van der Waals surface area contributed by atoms with Gasteiger partial charge >= 0.3 is 11.9 Å².